The van der Waals surface area contributed by atoms with Gasteiger partial charge in [0, 0.05) is 0 Å². The van der Waals surface area contributed by atoms with E-state index < -0.39 is 17.8 Å². The molecule has 0 aromatic carbocycles. The predicted molar refractivity (Wildman–Crippen MR) is 89.7 cm³/mol. The van der Waals surface area contributed by atoms with Gasteiger partial charge in [-0.1, -0.05) is 13.8 Å². The number of aliphatic hydroxyl groups excluding tert-OH is 2. The molecular formula is C20H34O3. The molecule has 4 fully saturated rings. The zero-order valence-corrected chi connectivity index (χ0v) is 15.0. The minimum Gasteiger partial charge on any atom is -0.390 e. The number of rotatable bonds is 0. The first-order chi connectivity index (χ1) is 10.7. The molecule has 0 unspecified atom stereocenters. The molecule has 4 saturated carbocycles. The average Bonchev–Trinajstić information content (AvgIpc) is 2.71. The van der Waals surface area contributed by atoms with Crippen LogP contribution in [0, 0.1) is 34.5 Å². The number of hydrogen-bond acceptors (Lipinski definition) is 3. The van der Waals surface area contributed by atoms with Crippen LogP contribution in [0.25, 0.3) is 0 Å². The maximum Gasteiger partial charge on any atom is 0.0804 e. The first-order valence-corrected chi connectivity index (χ1v) is 9.77. The second-order valence-electron chi connectivity index (χ2n) is 10.0. The molecule has 4 aliphatic carbocycles. The van der Waals surface area contributed by atoms with Crippen molar-refractivity contribution < 1.29 is 15.3 Å². The normalized spacial score (nSPS) is 62.3. The van der Waals surface area contributed by atoms with Crippen LogP contribution >= 0.6 is 0 Å². The molecule has 0 amide bonds. The summed E-state index contributed by atoms with van der Waals surface area (Å²) in [6.45, 7) is 6.77. The molecule has 3 N–H and O–H groups in total. The van der Waals surface area contributed by atoms with E-state index in [2.05, 4.69) is 20.8 Å². The summed E-state index contributed by atoms with van der Waals surface area (Å²) in [5.41, 5.74) is -0.260. The van der Waals surface area contributed by atoms with Gasteiger partial charge in [0.2, 0.25) is 0 Å². The second kappa shape index (κ2) is 4.95. The Morgan fingerprint density at radius 2 is 1.52 bits per heavy atom. The Bertz CT molecular complexity index is 489. The number of fused-ring (bicyclic) bond motifs is 5. The summed E-state index contributed by atoms with van der Waals surface area (Å²) in [6, 6.07) is 0. The Labute approximate surface area is 140 Å². The topological polar surface area (TPSA) is 60.7 Å². The lowest BCUT2D eigenvalue weighted by Crippen LogP contribution is -2.58. The fourth-order valence-corrected chi connectivity index (χ4v) is 7.52. The fraction of sp³-hybridized carbons (Fsp3) is 1.00. The molecule has 0 spiro atoms. The van der Waals surface area contributed by atoms with Crippen molar-refractivity contribution in [3.63, 3.8) is 0 Å². The molecule has 3 heteroatoms. The fourth-order valence-electron chi connectivity index (χ4n) is 7.52. The SMILES string of the molecule is C[C@]12C[C@H](O)[C@@H](O)C[C@@H]1CC[C@@H]1[C@@H]2CC[C@@]2(C)[C@H]1CC[C@]2(C)O. The lowest BCUT2D eigenvalue weighted by atomic mass is 9.44. The van der Waals surface area contributed by atoms with E-state index in [0.29, 0.717) is 23.7 Å². The first-order valence-electron chi connectivity index (χ1n) is 9.77. The van der Waals surface area contributed by atoms with Gasteiger partial charge in [0.25, 0.3) is 0 Å². The summed E-state index contributed by atoms with van der Waals surface area (Å²) in [5.74, 6) is 2.56. The lowest BCUT2D eigenvalue weighted by Gasteiger charge is -2.62. The average molecular weight is 322 g/mol. The van der Waals surface area contributed by atoms with E-state index in [0.717, 1.165) is 32.1 Å². The molecule has 4 rings (SSSR count). The monoisotopic (exact) mass is 322 g/mol. The zero-order valence-electron chi connectivity index (χ0n) is 15.0. The minimum atomic E-state index is -0.546. The molecule has 132 valence electrons. The highest BCUT2D eigenvalue weighted by Crippen LogP contribution is 2.68. The highest BCUT2D eigenvalue weighted by atomic mass is 16.3. The van der Waals surface area contributed by atoms with Crippen molar-refractivity contribution in [2.24, 2.45) is 34.5 Å². The van der Waals surface area contributed by atoms with Gasteiger partial charge in [-0.25, -0.2) is 0 Å². The van der Waals surface area contributed by atoms with Crippen LogP contribution in [0.5, 0.6) is 0 Å². The third kappa shape index (κ3) is 2.05. The van der Waals surface area contributed by atoms with Gasteiger partial charge in [-0.15, -0.1) is 0 Å². The van der Waals surface area contributed by atoms with Crippen molar-refractivity contribution in [2.45, 2.75) is 89.9 Å². The van der Waals surface area contributed by atoms with Crippen LogP contribution in [0.3, 0.4) is 0 Å². The van der Waals surface area contributed by atoms with Gasteiger partial charge in [-0.2, -0.15) is 0 Å². The molecular weight excluding hydrogens is 288 g/mol. The van der Waals surface area contributed by atoms with Crippen molar-refractivity contribution in [1.82, 2.24) is 0 Å². The third-order valence-electron chi connectivity index (χ3n) is 9.25. The molecule has 0 bridgehead atoms. The predicted octanol–water partition coefficient (Wildman–Crippen LogP) is 3.11. The Hall–Kier alpha value is -0.120. The largest absolute Gasteiger partial charge is 0.390 e. The quantitative estimate of drug-likeness (QED) is 0.642. The van der Waals surface area contributed by atoms with Crippen LogP contribution in [-0.2, 0) is 0 Å². The Balaban J connectivity index is 1.64. The van der Waals surface area contributed by atoms with Crippen LogP contribution < -0.4 is 0 Å². The molecule has 9 atom stereocenters. The van der Waals surface area contributed by atoms with E-state index in [9.17, 15) is 15.3 Å². The number of aliphatic hydroxyl groups is 3. The summed E-state index contributed by atoms with van der Waals surface area (Å²) < 4.78 is 0. The standard InChI is InChI=1S/C20H34O3/c1-18-11-17(22)16(21)10-12(18)4-5-13-14(18)6-8-19(2)15(13)7-9-20(19,3)23/h12-17,21-23H,4-11H2,1-3H3/t12-,13+,14-,15-,16-,17-,18-,19-,20-/m0/s1. The van der Waals surface area contributed by atoms with Crippen LogP contribution in [0.2, 0.25) is 0 Å². The molecule has 0 heterocycles. The highest BCUT2D eigenvalue weighted by Gasteiger charge is 2.63. The summed E-state index contributed by atoms with van der Waals surface area (Å²) in [6.07, 6.45) is 7.33. The number of hydrogen-bond donors (Lipinski definition) is 3. The first kappa shape index (κ1) is 16.4. The highest BCUT2D eigenvalue weighted by molar-refractivity contribution is 5.13. The van der Waals surface area contributed by atoms with E-state index in [-0.39, 0.29) is 10.8 Å². The van der Waals surface area contributed by atoms with Gasteiger partial charge in [0.05, 0.1) is 17.8 Å². The van der Waals surface area contributed by atoms with E-state index in [1.807, 2.05) is 0 Å². The van der Waals surface area contributed by atoms with E-state index in [1.165, 1.54) is 19.3 Å². The van der Waals surface area contributed by atoms with Crippen molar-refractivity contribution in [2.75, 3.05) is 0 Å². The molecule has 4 aliphatic rings. The molecule has 0 saturated heterocycles. The van der Waals surface area contributed by atoms with Crippen molar-refractivity contribution >= 4 is 0 Å². The summed E-state index contributed by atoms with van der Waals surface area (Å²) in [5, 5.41) is 31.3. The summed E-state index contributed by atoms with van der Waals surface area (Å²) in [4.78, 5) is 0. The lowest BCUT2D eigenvalue weighted by molar-refractivity contribution is -0.173. The van der Waals surface area contributed by atoms with Gasteiger partial charge in [0.1, 0.15) is 0 Å². The van der Waals surface area contributed by atoms with Crippen molar-refractivity contribution in [3.8, 4) is 0 Å². The smallest absolute Gasteiger partial charge is 0.0804 e. The van der Waals surface area contributed by atoms with Crippen LogP contribution in [0.4, 0.5) is 0 Å². The van der Waals surface area contributed by atoms with Gasteiger partial charge < -0.3 is 15.3 Å². The molecule has 23 heavy (non-hydrogen) atoms. The summed E-state index contributed by atoms with van der Waals surface area (Å²) >= 11 is 0. The van der Waals surface area contributed by atoms with Crippen LogP contribution in [-0.4, -0.2) is 33.1 Å². The Morgan fingerprint density at radius 3 is 2.26 bits per heavy atom. The Morgan fingerprint density at radius 1 is 0.826 bits per heavy atom. The zero-order chi connectivity index (χ0) is 16.6. The molecule has 0 aliphatic heterocycles. The van der Waals surface area contributed by atoms with Crippen molar-refractivity contribution in [1.29, 1.82) is 0 Å². The van der Waals surface area contributed by atoms with Gasteiger partial charge in [-0.05, 0) is 92.8 Å². The van der Waals surface area contributed by atoms with Crippen LogP contribution in [0.15, 0.2) is 0 Å². The molecule has 3 nitrogen and oxygen atoms in total. The van der Waals surface area contributed by atoms with E-state index in [1.54, 1.807) is 0 Å². The van der Waals surface area contributed by atoms with Crippen molar-refractivity contribution in [3.05, 3.63) is 0 Å². The maximum absolute atomic E-state index is 10.9. The van der Waals surface area contributed by atoms with Gasteiger partial charge >= 0.3 is 0 Å². The third-order valence-corrected chi connectivity index (χ3v) is 9.25. The van der Waals surface area contributed by atoms with E-state index in [4.69, 9.17) is 0 Å². The van der Waals surface area contributed by atoms with Crippen LogP contribution in [0.1, 0.15) is 72.1 Å². The molecule has 0 aromatic rings. The Kier molecular flexibility index (Phi) is 3.52. The second-order valence-corrected chi connectivity index (χ2v) is 10.0. The minimum absolute atomic E-state index is 0.0736. The van der Waals surface area contributed by atoms with E-state index >= 15 is 0 Å². The molecule has 0 aromatic heterocycles. The van der Waals surface area contributed by atoms with Gasteiger partial charge in [-0.3, -0.25) is 0 Å². The molecule has 0 radical (unpaired) electrons. The maximum atomic E-state index is 10.9. The van der Waals surface area contributed by atoms with Gasteiger partial charge in [0.15, 0.2) is 0 Å². The summed E-state index contributed by atoms with van der Waals surface area (Å²) in [7, 11) is 0.